The highest BCUT2D eigenvalue weighted by Crippen LogP contribution is 2.27. The van der Waals surface area contributed by atoms with Gasteiger partial charge in [-0.15, -0.1) is 0 Å². The van der Waals surface area contributed by atoms with Crippen LogP contribution in [0.2, 0.25) is 5.02 Å². The fourth-order valence-electron chi connectivity index (χ4n) is 4.13. The van der Waals surface area contributed by atoms with E-state index in [2.05, 4.69) is 22.3 Å². The van der Waals surface area contributed by atoms with Crippen molar-refractivity contribution in [2.75, 3.05) is 23.7 Å². The van der Waals surface area contributed by atoms with Crippen LogP contribution in [0.15, 0.2) is 42.5 Å². The number of nitrogens with zero attached hydrogens (tertiary/aromatic N) is 2. The molecule has 1 amide bonds. The molecule has 33 heavy (non-hydrogen) atoms. The Hall–Kier alpha value is -2.16. The van der Waals surface area contributed by atoms with Gasteiger partial charge in [-0.25, -0.2) is 12.8 Å². The summed E-state index contributed by atoms with van der Waals surface area (Å²) in [5.41, 5.74) is 2.30. The van der Waals surface area contributed by atoms with Crippen LogP contribution in [0.25, 0.3) is 0 Å². The first-order chi connectivity index (χ1) is 15.7. The summed E-state index contributed by atoms with van der Waals surface area (Å²) < 4.78 is 39.6. The second-order valence-corrected chi connectivity index (χ2v) is 10.7. The number of benzene rings is 2. The Morgan fingerprint density at radius 1 is 1.12 bits per heavy atom. The first kappa shape index (κ1) is 25.5. The predicted octanol–water partition coefficient (Wildman–Crippen LogP) is 4.33. The summed E-state index contributed by atoms with van der Waals surface area (Å²) in [5.74, 6) is -1.09. The number of amides is 1. The third-order valence-corrected chi connectivity index (χ3v) is 7.30. The van der Waals surface area contributed by atoms with Gasteiger partial charge in [0, 0.05) is 13.1 Å². The molecule has 1 aliphatic heterocycles. The first-order valence-electron chi connectivity index (χ1n) is 11.2. The van der Waals surface area contributed by atoms with Crippen molar-refractivity contribution in [1.29, 1.82) is 0 Å². The number of halogens is 2. The minimum atomic E-state index is -3.82. The van der Waals surface area contributed by atoms with Gasteiger partial charge in [-0.2, -0.15) is 0 Å². The summed E-state index contributed by atoms with van der Waals surface area (Å²) in [5, 5.41) is 2.63. The summed E-state index contributed by atoms with van der Waals surface area (Å²) in [6, 6.07) is 10.7. The Kier molecular flexibility index (Phi) is 8.73. The van der Waals surface area contributed by atoms with Gasteiger partial charge in [0.2, 0.25) is 15.9 Å². The molecule has 180 valence electrons. The van der Waals surface area contributed by atoms with Crippen LogP contribution in [0.1, 0.15) is 43.7 Å². The summed E-state index contributed by atoms with van der Waals surface area (Å²) in [7, 11) is -3.82. The zero-order chi connectivity index (χ0) is 24.0. The second-order valence-electron chi connectivity index (χ2n) is 8.45. The Balaban J connectivity index is 1.67. The fraction of sp³-hybridized carbons (Fsp3) is 0.458. The van der Waals surface area contributed by atoms with Crippen molar-refractivity contribution < 1.29 is 17.6 Å². The minimum absolute atomic E-state index is 0.146. The molecule has 1 heterocycles. The summed E-state index contributed by atoms with van der Waals surface area (Å²) in [6.07, 6.45) is 5.05. The monoisotopic (exact) mass is 495 g/mol. The van der Waals surface area contributed by atoms with E-state index in [0.717, 1.165) is 41.8 Å². The smallest absolute Gasteiger partial charge is 0.244 e. The van der Waals surface area contributed by atoms with Crippen molar-refractivity contribution in [2.24, 2.45) is 0 Å². The van der Waals surface area contributed by atoms with Crippen LogP contribution in [0, 0.1) is 5.82 Å². The van der Waals surface area contributed by atoms with Gasteiger partial charge in [-0.3, -0.25) is 14.0 Å². The van der Waals surface area contributed by atoms with E-state index in [1.807, 2.05) is 12.1 Å². The van der Waals surface area contributed by atoms with E-state index in [9.17, 15) is 17.6 Å². The molecule has 1 fully saturated rings. The number of hydrogen-bond donors (Lipinski definition) is 1. The number of sulfonamides is 1. The highest BCUT2D eigenvalue weighted by Gasteiger charge is 2.31. The molecule has 9 heteroatoms. The molecule has 0 aliphatic carbocycles. The number of piperidine rings is 1. The third kappa shape index (κ3) is 6.91. The van der Waals surface area contributed by atoms with Gasteiger partial charge in [-0.05, 0) is 61.7 Å². The zero-order valence-electron chi connectivity index (χ0n) is 19.1. The van der Waals surface area contributed by atoms with Gasteiger partial charge in [0.25, 0.3) is 0 Å². The van der Waals surface area contributed by atoms with E-state index < -0.39 is 27.8 Å². The maximum Gasteiger partial charge on any atom is 0.244 e. The van der Waals surface area contributed by atoms with Crippen LogP contribution in [-0.4, -0.2) is 44.6 Å². The average molecular weight is 496 g/mol. The molecule has 1 unspecified atom stereocenters. The third-order valence-electron chi connectivity index (χ3n) is 5.83. The molecule has 1 aliphatic rings. The molecule has 0 spiro atoms. The number of nitrogens with one attached hydrogen (secondary N) is 1. The Labute approximate surface area is 200 Å². The van der Waals surface area contributed by atoms with Crippen LogP contribution in [0.5, 0.6) is 0 Å². The molecule has 0 bridgehead atoms. The van der Waals surface area contributed by atoms with Gasteiger partial charge < -0.3 is 5.32 Å². The molecule has 0 aromatic heterocycles. The Bertz CT molecular complexity index is 1060. The fourth-order valence-corrected chi connectivity index (χ4v) is 5.51. The Morgan fingerprint density at radius 2 is 1.76 bits per heavy atom. The van der Waals surface area contributed by atoms with Crippen molar-refractivity contribution in [3.8, 4) is 0 Å². The summed E-state index contributed by atoms with van der Waals surface area (Å²) in [4.78, 5) is 15.4. The van der Waals surface area contributed by atoms with Crippen molar-refractivity contribution in [1.82, 2.24) is 10.2 Å². The largest absolute Gasteiger partial charge is 0.350 e. The van der Waals surface area contributed by atoms with Crippen LogP contribution >= 0.6 is 11.6 Å². The molecule has 1 atom stereocenters. The predicted molar refractivity (Wildman–Crippen MR) is 130 cm³/mol. The maximum absolute atomic E-state index is 13.6. The second kappa shape index (κ2) is 11.3. The number of carbonyl (C=O) groups excluding carboxylic acids is 1. The molecule has 1 N–H and O–H groups in total. The van der Waals surface area contributed by atoms with Crippen LogP contribution in [0.3, 0.4) is 0 Å². The van der Waals surface area contributed by atoms with Crippen molar-refractivity contribution in [2.45, 2.75) is 51.7 Å². The van der Waals surface area contributed by atoms with Crippen LogP contribution in [-0.2, 0) is 27.9 Å². The van der Waals surface area contributed by atoms with Gasteiger partial charge in [0.05, 0.1) is 17.0 Å². The molecule has 3 rings (SSSR count). The lowest BCUT2D eigenvalue weighted by Crippen LogP contribution is -2.49. The molecular formula is C24H31ClFN3O3S. The minimum Gasteiger partial charge on any atom is -0.350 e. The number of rotatable bonds is 9. The topological polar surface area (TPSA) is 69.7 Å². The molecular weight excluding hydrogens is 465 g/mol. The molecule has 1 saturated heterocycles. The molecule has 2 aromatic carbocycles. The summed E-state index contributed by atoms with van der Waals surface area (Å²) >= 11 is 5.85. The standard InChI is InChI=1S/C24H31ClFN3O3S/c1-3-23(29(33(2,31)32)20-11-12-22(26)21(25)15-20)24(30)27-16-18-7-9-19(10-8-18)17-28-13-5-4-6-14-28/h7-12,15,23H,3-6,13-14,16-17H2,1-2H3,(H,27,30). The lowest BCUT2D eigenvalue weighted by atomic mass is 10.1. The van der Waals surface area contributed by atoms with E-state index >= 15 is 0 Å². The zero-order valence-corrected chi connectivity index (χ0v) is 20.6. The van der Waals surface area contributed by atoms with Crippen molar-refractivity contribution in [3.05, 3.63) is 64.4 Å². The van der Waals surface area contributed by atoms with Gasteiger partial charge in [0.1, 0.15) is 11.9 Å². The van der Waals surface area contributed by atoms with Gasteiger partial charge in [-0.1, -0.05) is 49.2 Å². The lowest BCUT2D eigenvalue weighted by Gasteiger charge is -2.30. The van der Waals surface area contributed by atoms with Crippen molar-refractivity contribution in [3.63, 3.8) is 0 Å². The average Bonchev–Trinajstić information content (AvgIpc) is 2.78. The normalized spacial score (nSPS) is 15.8. The maximum atomic E-state index is 13.6. The van der Waals surface area contributed by atoms with E-state index in [-0.39, 0.29) is 23.7 Å². The van der Waals surface area contributed by atoms with E-state index in [1.165, 1.54) is 37.0 Å². The number of carbonyl (C=O) groups is 1. The molecule has 6 nitrogen and oxygen atoms in total. The molecule has 2 aromatic rings. The number of likely N-dealkylation sites (tertiary alicyclic amines) is 1. The van der Waals surface area contributed by atoms with Crippen LogP contribution in [0.4, 0.5) is 10.1 Å². The number of anilines is 1. The van der Waals surface area contributed by atoms with Crippen LogP contribution < -0.4 is 9.62 Å². The highest BCUT2D eigenvalue weighted by molar-refractivity contribution is 7.92. The Morgan fingerprint density at radius 3 is 2.33 bits per heavy atom. The lowest BCUT2D eigenvalue weighted by molar-refractivity contribution is -0.122. The van der Waals surface area contributed by atoms with E-state index in [4.69, 9.17) is 11.6 Å². The molecule has 0 saturated carbocycles. The molecule has 0 radical (unpaired) electrons. The van der Waals surface area contributed by atoms with Gasteiger partial charge in [0.15, 0.2) is 0 Å². The highest BCUT2D eigenvalue weighted by atomic mass is 35.5. The van der Waals surface area contributed by atoms with Gasteiger partial charge >= 0.3 is 0 Å². The SMILES string of the molecule is CCC(C(=O)NCc1ccc(CN2CCCCC2)cc1)N(c1ccc(F)c(Cl)c1)S(C)(=O)=O. The number of hydrogen-bond acceptors (Lipinski definition) is 4. The summed E-state index contributed by atoms with van der Waals surface area (Å²) in [6.45, 7) is 5.19. The van der Waals surface area contributed by atoms with E-state index in [1.54, 1.807) is 6.92 Å². The first-order valence-corrected chi connectivity index (χ1v) is 13.4. The quantitative estimate of drug-likeness (QED) is 0.562. The van der Waals surface area contributed by atoms with Crippen molar-refractivity contribution >= 4 is 33.2 Å². The van der Waals surface area contributed by atoms with E-state index in [0.29, 0.717) is 0 Å².